The van der Waals surface area contributed by atoms with Crippen molar-refractivity contribution >= 4 is 23.2 Å². The fourth-order valence-electron chi connectivity index (χ4n) is 3.31. The van der Waals surface area contributed by atoms with E-state index in [1.54, 1.807) is 0 Å². The maximum absolute atomic E-state index is 6.42. The second-order valence-electron chi connectivity index (χ2n) is 5.97. The smallest absolute Gasteiger partial charge is 0.0456 e. The highest BCUT2D eigenvalue weighted by molar-refractivity contribution is 6.36. The molecule has 1 unspecified atom stereocenters. The standard InChI is InChI=1S/C16H21Cl2N/c17-14-6-3-7-15(18)16(14)13(10-19-12-8-9-12)11-4-1-2-5-11/h3,6-7,11-13,19H,1-2,4-5,8-10H2. The summed E-state index contributed by atoms with van der Waals surface area (Å²) in [5.74, 6) is 1.22. The average molecular weight is 298 g/mol. The fraction of sp³-hybridized carbons (Fsp3) is 0.625. The second-order valence-corrected chi connectivity index (χ2v) is 6.78. The minimum Gasteiger partial charge on any atom is -0.313 e. The van der Waals surface area contributed by atoms with Crippen LogP contribution in [0.15, 0.2) is 18.2 Å². The maximum atomic E-state index is 6.42. The zero-order valence-corrected chi connectivity index (χ0v) is 12.7. The monoisotopic (exact) mass is 297 g/mol. The normalized spacial score (nSPS) is 21.8. The van der Waals surface area contributed by atoms with Gasteiger partial charge in [0.2, 0.25) is 0 Å². The largest absolute Gasteiger partial charge is 0.313 e. The zero-order valence-electron chi connectivity index (χ0n) is 11.2. The van der Waals surface area contributed by atoms with E-state index >= 15 is 0 Å². The summed E-state index contributed by atoms with van der Waals surface area (Å²) in [6.45, 7) is 1.03. The van der Waals surface area contributed by atoms with Crippen molar-refractivity contribution in [3.05, 3.63) is 33.8 Å². The molecule has 0 aliphatic heterocycles. The van der Waals surface area contributed by atoms with Gasteiger partial charge in [-0.2, -0.15) is 0 Å². The van der Waals surface area contributed by atoms with Crippen LogP contribution in [0.4, 0.5) is 0 Å². The first-order valence-corrected chi connectivity index (χ1v) is 8.18. The van der Waals surface area contributed by atoms with Crippen LogP contribution < -0.4 is 5.32 Å². The SMILES string of the molecule is Clc1cccc(Cl)c1C(CNC1CC1)C1CCCC1. The molecule has 0 saturated heterocycles. The number of hydrogen-bond acceptors (Lipinski definition) is 1. The zero-order chi connectivity index (χ0) is 13.2. The number of nitrogens with one attached hydrogen (secondary N) is 1. The summed E-state index contributed by atoms with van der Waals surface area (Å²) in [4.78, 5) is 0. The van der Waals surface area contributed by atoms with Gasteiger partial charge in [-0.15, -0.1) is 0 Å². The van der Waals surface area contributed by atoms with E-state index in [2.05, 4.69) is 5.32 Å². The van der Waals surface area contributed by atoms with Gasteiger partial charge in [0.15, 0.2) is 0 Å². The van der Waals surface area contributed by atoms with Crippen LogP contribution in [0, 0.1) is 5.92 Å². The summed E-state index contributed by atoms with van der Waals surface area (Å²) in [6.07, 6.45) is 8.00. The lowest BCUT2D eigenvalue weighted by Crippen LogP contribution is -2.27. The molecular weight excluding hydrogens is 277 g/mol. The minimum atomic E-state index is 0.476. The first-order valence-electron chi connectivity index (χ1n) is 7.43. The molecule has 2 aliphatic rings. The van der Waals surface area contributed by atoms with Gasteiger partial charge >= 0.3 is 0 Å². The first-order chi connectivity index (χ1) is 9.25. The molecule has 2 fully saturated rings. The highest BCUT2D eigenvalue weighted by Crippen LogP contribution is 2.42. The fourth-order valence-corrected chi connectivity index (χ4v) is 3.99. The molecule has 1 N–H and O–H groups in total. The van der Waals surface area contributed by atoms with Crippen LogP contribution in [-0.4, -0.2) is 12.6 Å². The Balaban J connectivity index is 1.83. The van der Waals surface area contributed by atoms with Crippen LogP contribution in [0.25, 0.3) is 0 Å². The van der Waals surface area contributed by atoms with Crippen molar-refractivity contribution in [2.45, 2.75) is 50.5 Å². The molecule has 1 atom stereocenters. The van der Waals surface area contributed by atoms with Gasteiger partial charge in [-0.05, 0) is 49.3 Å². The molecule has 0 spiro atoms. The van der Waals surface area contributed by atoms with E-state index in [0.717, 1.165) is 28.5 Å². The van der Waals surface area contributed by atoms with Crippen molar-refractivity contribution < 1.29 is 0 Å². The highest BCUT2D eigenvalue weighted by Gasteiger charge is 2.31. The van der Waals surface area contributed by atoms with Crippen molar-refractivity contribution in [2.24, 2.45) is 5.92 Å². The van der Waals surface area contributed by atoms with E-state index < -0.39 is 0 Å². The molecule has 19 heavy (non-hydrogen) atoms. The van der Waals surface area contributed by atoms with Crippen LogP contribution >= 0.6 is 23.2 Å². The van der Waals surface area contributed by atoms with Gasteiger partial charge in [0.1, 0.15) is 0 Å². The second kappa shape index (κ2) is 6.03. The summed E-state index contributed by atoms with van der Waals surface area (Å²) < 4.78 is 0. The Morgan fingerprint density at radius 1 is 1.05 bits per heavy atom. The number of halogens is 2. The Bertz CT molecular complexity index is 416. The topological polar surface area (TPSA) is 12.0 Å². The Kier molecular flexibility index (Phi) is 4.36. The lowest BCUT2D eigenvalue weighted by Gasteiger charge is -2.26. The molecule has 1 aromatic rings. The van der Waals surface area contributed by atoms with Crippen LogP contribution in [0.2, 0.25) is 10.0 Å². The minimum absolute atomic E-state index is 0.476. The average Bonchev–Trinajstić information content (AvgIpc) is 3.05. The van der Waals surface area contributed by atoms with Crippen molar-refractivity contribution in [1.82, 2.24) is 5.32 Å². The van der Waals surface area contributed by atoms with Crippen molar-refractivity contribution in [1.29, 1.82) is 0 Å². The summed E-state index contributed by atoms with van der Waals surface area (Å²) >= 11 is 12.8. The van der Waals surface area contributed by atoms with Crippen LogP contribution in [0.5, 0.6) is 0 Å². The summed E-state index contributed by atoms with van der Waals surface area (Å²) in [6, 6.07) is 6.63. The van der Waals surface area contributed by atoms with Gasteiger partial charge in [-0.3, -0.25) is 0 Å². The molecule has 0 radical (unpaired) electrons. The highest BCUT2D eigenvalue weighted by atomic mass is 35.5. The van der Waals surface area contributed by atoms with Crippen molar-refractivity contribution in [3.8, 4) is 0 Å². The predicted molar refractivity (Wildman–Crippen MR) is 82.2 cm³/mol. The summed E-state index contributed by atoms with van der Waals surface area (Å²) in [7, 11) is 0. The molecule has 3 heteroatoms. The molecular formula is C16H21Cl2N. The molecule has 0 aromatic heterocycles. The van der Waals surface area contributed by atoms with E-state index in [1.165, 1.54) is 44.1 Å². The third-order valence-corrected chi connectivity index (χ3v) is 5.20. The third kappa shape index (κ3) is 3.26. The molecule has 2 aliphatic carbocycles. The van der Waals surface area contributed by atoms with Crippen molar-refractivity contribution in [2.75, 3.05) is 6.54 Å². The Morgan fingerprint density at radius 2 is 1.68 bits per heavy atom. The molecule has 0 amide bonds. The van der Waals surface area contributed by atoms with E-state index in [9.17, 15) is 0 Å². The molecule has 0 heterocycles. The molecule has 3 rings (SSSR count). The van der Waals surface area contributed by atoms with Crippen LogP contribution in [0.1, 0.15) is 50.0 Å². The maximum Gasteiger partial charge on any atom is 0.0456 e. The van der Waals surface area contributed by atoms with Gasteiger partial charge in [0.25, 0.3) is 0 Å². The number of rotatable bonds is 5. The van der Waals surface area contributed by atoms with E-state index in [-0.39, 0.29) is 0 Å². The lowest BCUT2D eigenvalue weighted by atomic mass is 9.84. The quantitative estimate of drug-likeness (QED) is 0.805. The molecule has 0 bridgehead atoms. The van der Waals surface area contributed by atoms with E-state index in [4.69, 9.17) is 23.2 Å². The van der Waals surface area contributed by atoms with E-state index in [0.29, 0.717) is 5.92 Å². The van der Waals surface area contributed by atoms with Gasteiger partial charge in [-0.1, -0.05) is 42.1 Å². The van der Waals surface area contributed by atoms with E-state index in [1.807, 2.05) is 18.2 Å². The number of hydrogen-bond donors (Lipinski definition) is 1. The Morgan fingerprint density at radius 3 is 2.26 bits per heavy atom. The van der Waals surface area contributed by atoms with Gasteiger partial charge in [-0.25, -0.2) is 0 Å². The first kappa shape index (κ1) is 13.7. The van der Waals surface area contributed by atoms with Crippen LogP contribution in [0.3, 0.4) is 0 Å². The lowest BCUT2D eigenvalue weighted by molar-refractivity contribution is 0.410. The van der Waals surface area contributed by atoms with Gasteiger partial charge in [0.05, 0.1) is 0 Å². The Hall–Kier alpha value is -0.240. The molecule has 1 nitrogen and oxygen atoms in total. The summed E-state index contributed by atoms with van der Waals surface area (Å²) in [5.41, 5.74) is 1.17. The third-order valence-electron chi connectivity index (χ3n) is 4.54. The predicted octanol–water partition coefficient (Wildman–Crippen LogP) is 5.02. The van der Waals surface area contributed by atoms with Gasteiger partial charge < -0.3 is 5.32 Å². The van der Waals surface area contributed by atoms with Crippen LogP contribution in [-0.2, 0) is 0 Å². The van der Waals surface area contributed by atoms with Crippen molar-refractivity contribution in [3.63, 3.8) is 0 Å². The molecule has 104 valence electrons. The number of benzene rings is 1. The molecule has 1 aromatic carbocycles. The van der Waals surface area contributed by atoms with Gasteiger partial charge in [0, 0.05) is 28.5 Å². The summed E-state index contributed by atoms with van der Waals surface area (Å²) in [5, 5.41) is 5.34. The molecule has 2 saturated carbocycles. The Labute approximate surface area is 125 Å².